The Bertz CT molecular complexity index is 2750. The number of hydrogen-bond donors (Lipinski definition) is 0. The molecule has 0 saturated carbocycles. The molecule has 2 nitrogen and oxygen atoms in total. The summed E-state index contributed by atoms with van der Waals surface area (Å²) in [7, 11) is 0. The molecule has 1 heterocycles. The third kappa shape index (κ3) is 4.20. The standard InChI is InChI=1S/C47H33NO/c1-47(2)41-25-21-30-12-8-9-18-37(30)46(41)39-23-20-33(27-42(39)47)36-17-10-11-19-43(36)48(34-15-4-3-5-16-34)35-22-24-38-40-26-31-13-6-7-14-32(31)28-44(40)49-45(38)29-35/h3-29H,1-2H3. The lowest BCUT2D eigenvalue weighted by molar-refractivity contribution is 0.661. The van der Waals surface area contributed by atoms with Crippen molar-refractivity contribution in [3.8, 4) is 22.3 Å². The van der Waals surface area contributed by atoms with Crippen LogP contribution in [-0.4, -0.2) is 0 Å². The van der Waals surface area contributed by atoms with E-state index >= 15 is 0 Å². The third-order valence-electron chi connectivity index (χ3n) is 10.6. The zero-order valence-electron chi connectivity index (χ0n) is 27.4. The molecule has 0 bridgehead atoms. The summed E-state index contributed by atoms with van der Waals surface area (Å²) in [5.41, 5.74) is 12.8. The summed E-state index contributed by atoms with van der Waals surface area (Å²) in [6, 6.07) is 59.4. The summed E-state index contributed by atoms with van der Waals surface area (Å²) in [4.78, 5) is 2.36. The first kappa shape index (κ1) is 27.9. The largest absolute Gasteiger partial charge is 0.456 e. The Morgan fingerprint density at radius 2 is 1.16 bits per heavy atom. The predicted molar refractivity (Wildman–Crippen MR) is 206 cm³/mol. The first-order valence-electron chi connectivity index (χ1n) is 17.0. The average molecular weight is 628 g/mol. The van der Waals surface area contributed by atoms with Gasteiger partial charge in [-0.25, -0.2) is 0 Å². The Balaban J connectivity index is 1.15. The van der Waals surface area contributed by atoms with Gasteiger partial charge in [-0.15, -0.1) is 0 Å². The maximum Gasteiger partial charge on any atom is 0.137 e. The van der Waals surface area contributed by atoms with E-state index in [1.165, 1.54) is 54.9 Å². The van der Waals surface area contributed by atoms with Gasteiger partial charge in [0, 0.05) is 39.2 Å². The number of anilines is 3. The first-order valence-corrected chi connectivity index (χ1v) is 17.0. The maximum absolute atomic E-state index is 6.55. The number of rotatable bonds is 4. The normalized spacial score (nSPS) is 13.3. The Morgan fingerprint density at radius 1 is 0.449 bits per heavy atom. The summed E-state index contributed by atoms with van der Waals surface area (Å²) in [5, 5.41) is 7.27. The second-order valence-electron chi connectivity index (χ2n) is 13.8. The van der Waals surface area contributed by atoms with E-state index in [0.717, 1.165) is 39.0 Å². The molecule has 1 aromatic heterocycles. The molecule has 0 aliphatic heterocycles. The van der Waals surface area contributed by atoms with Gasteiger partial charge in [0.15, 0.2) is 0 Å². The molecule has 2 heteroatoms. The summed E-state index contributed by atoms with van der Waals surface area (Å²) in [5.74, 6) is 0. The van der Waals surface area contributed by atoms with Crippen LogP contribution in [-0.2, 0) is 5.41 Å². The van der Waals surface area contributed by atoms with Crippen LogP contribution in [0.15, 0.2) is 168 Å². The van der Waals surface area contributed by atoms with E-state index in [2.05, 4.69) is 183 Å². The first-order chi connectivity index (χ1) is 24.0. The van der Waals surface area contributed by atoms with Crippen LogP contribution in [0.5, 0.6) is 0 Å². The lowest BCUT2D eigenvalue weighted by atomic mass is 9.81. The zero-order chi connectivity index (χ0) is 32.7. The van der Waals surface area contributed by atoms with Crippen molar-refractivity contribution < 1.29 is 4.42 Å². The molecule has 10 rings (SSSR count). The molecule has 49 heavy (non-hydrogen) atoms. The van der Waals surface area contributed by atoms with Gasteiger partial charge in [-0.1, -0.05) is 123 Å². The molecule has 8 aromatic carbocycles. The molecule has 0 spiro atoms. The number of benzene rings is 8. The lowest BCUT2D eigenvalue weighted by Crippen LogP contribution is -2.15. The van der Waals surface area contributed by atoms with Gasteiger partial charge in [0.05, 0.1) is 5.69 Å². The maximum atomic E-state index is 6.55. The van der Waals surface area contributed by atoms with Crippen LogP contribution in [0.1, 0.15) is 25.0 Å². The van der Waals surface area contributed by atoms with Crippen LogP contribution in [0, 0.1) is 0 Å². The minimum Gasteiger partial charge on any atom is -0.456 e. The van der Waals surface area contributed by atoms with Gasteiger partial charge in [-0.05, 0) is 97.9 Å². The van der Waals surface area contributed by atoms with Gasteiger partial charge in [0.25, 0.3) is 0 Å². The quantitative estimate of drug-likeness (QED) is 0.193. The van der Waals surface area contributed by atoms with E-state index in [9.17, 15) is 0 Å². The van der Waals surface area contributed by atoms with E-state index in [4.69, 9.17) is 4.42 Å². The number of furan rings is 1. The SMILES string of the molecule is CC1(C)c2cc(-c3ccccc3N(c3ccccc3)c3ccc4c(c3)oc3cc5ccccc5cc34)ccc2-c2c1ccc1ccccc21. The fraction of sp³-hybridized carbons (Fsp3) is 0.0638. The van der Waals surface area contributed by atoms with E-state index < -0.39 is 0 Å². The van der Waals surface area contributed by atoms with Crippen molar-refractivity contribution >= 4 is 60.5 Å². The number of fused-ring (bicyclic) bond motifs is 9. The van der Waals surface area contributed by atoms with Crippen molar-refractivity contribution in [3.05, 3.63) is 175 Å². The monoisotopic (exact) mass is 627 g/mol. The topological polar surface area (TPSA) is 16.4 Å². The fourth-order valence-corrected chi connectivity index (χ4v) is 8.18. The molecule has 0 atom stereocenters. The molecule has 1 aliphatic carbocycles. The number of para-hydroxylation sites is 2. The van der Waals surface area contributed by atoms with Crippen molar-refractivity contribution in [2.75, 3.05) is 4.90 Å². The van der Waals surface area contributed by atoms with E-state index in [0.29, 0.717) is 0 Å². The van der Waals surface area contributed by atoms with Gasteiger partial charge in [-0.3, -0.25) is 0 Å². The predicted octanol–water partition coefficient (Wildman–Crippen LogP) is 13.3. The highest BCUT2D eigenvalue weighted by Crippen LogP contribution is 2.53. The molecule has 0 unspecified atom stereocenters. The average Bonchev–Trinajstić information content (AvgIpc) is 3.61. The van der Waals surface area contributed by atoms with Crippen LogP contribution in [0.2, 0.25) is 0 Å². The van der Waals surface area contributed by atoms with Crippen LogP contribution < -0.4 is 4.90 Å². The highest BCUT2D eigenvalue weighted by molar-refractivity contribution is 6.11. The molecular weight excluding hydrogens is 595 g/mol. The molecule has 0 N–H and O–H groups in total. The van der Waals surface area contributed by atoms with Crippen molar-refractivity contribution in [3.63, 3.8) is 0 Å². The molecule has 232 valence electrons. The molecule has 0 fully saturated rings. The Kier molecular flexibility index (Phi) is 5.95. The molecular formula is C47H33NO. The highest BCUT2D eigenvalue weighted by Gasteiger charge is 2.36. The number of nitrogens with zero attached hydrogens (tertiary/aromatic N) is 1. The smallest absolute Gasteiger partial charge is 0.137 e. The molecule has 1 aliphatic rings. The van der Waals surface area contributed by atoms with Gasteiger partial charge in [-0.2, -0.15) is 0 Å². The van der Waals surface area contributed by atoms with Crippen LogP contribution in [0.4, 0.5) is 17.1 Å². The molecule has 0 radical (unpaired) electrons. The van der Waals surface area contributed by atoms with Gasteiger partial charge in [0.1, 0.15) is 11.2 Å². The Morgan fingerprint density at radius 3 is 2.02 bits per heavy atom. The minimum atomic E-state index is -0.115. The number of hydrogen-bond acceptors (Lipinski definition) is 2. The lowest BCUT2D eigenvalue weighted by Gasteiger charge is -2.28. The van der Waals surface area contributed by atoms with Gasteiger partial charge < -0.3 is 9.32 Å². The second-order valence-corrected chi connectivity index (χ2v) is 13.8. The van der Waals surface area contributed by atoms with Crippen molar-refractivity contribution in [1.82, 2.24) is 0 Å². The summed E-state index contributed by atoms with van der Waals surface area (Å²) in [6.45, 7) is 4.73. The Hall–Kier alpha value is -6.12. The van der Waals surface area contributed by atoms with Crippen molar-refractivity contribution in [1.29, 1.82) is 0 Å². The zero-order valence-corrected chi connectivity index (χ0v) is 27.4. The highest BCUT2D eigenvalue weighted by atomic mass is 16.3. The molecule has 0 amide bonds. The summed E-state index contributed by atoms with van der Waals surface area (Å²) in [6.07, 6.45) is 0. The fourth-order valence-electron chi connectivity index (χ4n) is 8.18. The van der Waals surface area contributed by atoms with Gasteiger partial charge in [0.2, 0.25) is 0 Å². The van der Waals surface area contributed by atoms with Crippen molar-refractivity contribution in [2.45, 2.75) is 19.3 Å². The van der Waals surface area contributed by atoms with Crippen LogP contribution in [0.3, 0.4) is 0 Å². The van der Waals surface area contributed by atoms with Gasteiger partial charge >= 0.3 is 0 Å². The van der Waals surface area contributed by atoms with Crippen LogP contribution in [0.25, 0.3) is 65.7 Å². The van der Waals surface area contributed by atoms with Crippen LogP contribution >= 0.6 is 0 Å². The van der Waals surface area contributed by atoms with E-state index in [1.54, 1.807) is 0 Å². The van der Waals surface area contributed by atoms with E-state index in [1.807, 2.05) is 0 Å². The Labute approximate surface area is 285 Å². The second kappa shape index (κ2) is 10.4. The van der Waals surface area contributed by atoms with Crippen molar-refractivity contribution in [2.24, 2.45) is 0 Å². The minimum absolute atomic E-state index is 0.115. The summed E-state index contributed by atoms with van der Waals surface area (Å²) < 4.78 is 6.55. The molecule has 9 aromatic rings. The molecule has 0 saturated heterocycles. The third-order valence-corrected chi connectivity index (χ3v) is 10.6. The van der Waals surface area contributed by atoms with E-state index in [-0.39, 0.29) is 5.41 Å². The summed E-state index contributed by atoms with van der Waals surface area (Å²) >= 11 is 0.